The molecule has 3 aliphatic carbocycles. The molecule has 68 heavy (non-hydrogen) atoms. The van der Waals surface area contributed by atoms with E-state index in [9.17, 15) is 0 Å². The van der Waals surface area contributed by atoms with Gasteiger partial charge in [-0.25, -0.2) is 24.9 Å². The van der Waals surface area contributed by atoms with Gasteiger partial charge in [-0.1, -0.05) is 182 Å². The topological polar surface area (TPSA) is 77.3 Å². The molecule has 0 saturated heterocycles. The van der Waals surface area contributed by atoms with Crippen LogP contribution in [0.5, 0.6) is 0 Å². The second-order valence-corrected chi connectivity index (χ2v) is 17.4. The number of hydrogen-bond acceptors (Lipinski definition) is 6. The van der Waals surface area contributed by atoms with Crippen LogP contribution in [0.4, 0.5) is 0 Å². The monoisotopic (exact) mass is 868 g/mol. The second kappa shape index (κ2) is 16.5. The average Bonchev–Trinajstić information content (AvgIpc) is 3.43. The normalized spacial score (nSPS) is 14.2. The maximum absolute atomic E-state index is 5.14. The Labute approximate surface area is 394 Å². The minimum absolute atomic E-state index is 0.0813. The molecule has 0 saturated carbocycles. The fourth-order valence-corrected chi connectivity index (χ4v) is 10.2. The molecule has 14 rings (SSSR count). The Hall–Kier alpha value is -9.00. The van der Waals surface area contributed by atoms with E-state index in [1.165, 1.54) is 38.9 Å². The molecule has 0 fully saturated rings. The third-order valence-corrected chi connectivity index (χ3v) is 13.4. The average molecular weight is 869 g/mol. The smallest absolute Gasteiger partial charge is 0.164 e. The van der Waals surface area contributed by atoms with Crippen molar-refractivity contribution in [3.63, 3.8) is 0 Å². The lowest BCUT2D eigenvalue weighted by atomic mass is 9.60. The fourth-order valence-electron chi connectivity index (χ4n) is 10.2. The molecule has 0 radical (unpaired) electrons. The van der Waals surface area contributed by atoms with Gasteiger partial charge in [0, 0.05) is 57.6 Å². The summed E-state index contributed by atoms with van der Waals surface area (Å²) in [4.78, 5) is 29.6. The van der Waals surface area contributed by atoms with Gasteiger partial charge >= 0.3 is 0 Å². The molecule has 3 aliphatic rings. The molecular weight excluding hydrogens is 829 g/mol. The van der Waals surface area contributed by atoms with E-state index in [-0.39, 0.29) is 11.8 Å². The highest BCUT2D eigenvalue weighted by Gasteiger charge is 2.41. The summed E-state index contributed by atoms with van der Waals surface area (Å²) in [6, 6.07) is 76.9. The van der Waals surface area contributed by atoms with Crippen LogP contribution in [0.15, 0.2) is 231 Å². The summed E-state index contributed by atoms with van der Waals surface area (Å²) >= 11 is 0. The van der Waals surface area contributed by atoms with E-state index in [0.29, 0.717) is 23.3 Å². The summed E-state index contributed by atoms with van der Waals surface area (Å²) in [6.45, 7) is 0. The third kappa shape index (κ3) is 6.98. The quantitative estimate of drug-likeness (QED) is 0.151. The molecule has 11 aromatic rings. The zero-order valence-corrected chi connectivity index (χ0v) is 36.8. The Morgan fingerprint density at radius 3 is 1.18 bits per heavy atom. The van der Waals surface area contributed by atoms with E-state index in [1.54, 1.807) is 0 Å². The molecule has 0 aliphatic heterocycles. The first-order valence-electron chi connectivity index (χ1n) is 23.0. The molecule has 2 bridgehead atoms. The first-order valence-corrected chi connectivity index (χ1v) is 23.0. The zero-order valence-electron chi connectivity index (χ0n) is 36.8. The molecule has 3 aromatic heterocycles. The van der Waals surface area contributed by atoms with Gasteiger partial charge in [-0.3, -0.25) is 4.98 Å². The highest BCUT2D eigenvalue weighted by atomic mass is 15.0. The van der Waals surface area contributed by atoms with Gasteiger partial charge in [-0.2, -0.15) is 0 Å². The summed E-state index contributed by atoms with van der Waals surface area (Å²) in [7, 11) is 0. The Balaban J connectivity index is 0.859. The number of pyridine rings is 1. The Bertz CT molecular complexity index is 3610. The van der Waals surface area contributed by atoms with Crippen LogP contribution >= 0.6 is 0 Å². The predicted octanol–water partition coefficient (Wildman–Crippen LogP) is 14.4. The van der Waals surface area contributed by atoms with E-state index < -0.39 is 0 Å². The zero-order chi connectivity index (χ0) is 45.0. The van der Waals surface area contributed by atoms with Gasteiger partial charge in [0.15, 0.2) is 23.3 Å². The van der Waals surface area contributed by atoms with Gasteiger partial charge in [0.2, 0.25) is 0 Å². The van der Waals surface area contributed by atoms with Crippen molar-refractivity contribution in [2.45, 2.75) is 11.8 Å². The molecule has 2 atom stereocenters. The molecule has 0 amide bonds. The lowest BCUT2D eigenvalue weighted by molar-refractivity contribution is 0.755. The van der Waals surface area contributed by atoms with Gasteiger partial charge in [-0.05, 0) is 92.0 Å². The van der Waals surface area contributed by atoms with Crippen LogP contribution in [-0.4, -0.2) is 29.9 Å². The van der Waals surface area contributed by atoms with Crippen molar-refractivity contribution in [1.29, 1.82) is 0 Å². The lowest BCUT2D eigenvalue weighted by Gasteiger charge is -2.42. The van der Waals surface area contributed by atoms with Crippen LogP contribution in [0.3, 0.4) is 0 Å². The van der Waals surface area contributed by atoms with E-state index in [0.717, 1.165) is 61.5 Å². The number of nitrogens with zero attached hydrogens (tertiary/aromatic N) is 6. The summed E-state index contributed by atoms with van der Waals surface area (Å²) < 4.78 is 0. The first kappa shape index (κ1) is 39.4. The Morgan fingerprint density at radius 1 is 0.221 bits per heavy atom. The highest BCUT2D eigenvalue weighted by molar-refractivity contribution is 5.79. The fraction of sp³-hybridized carbons (Fsp3) is 0.0323. The van der Waals surface area contributed by atoms with Gasteiger partial charge in [0.25, 0.3) is 0 Å². The maximum atomic E-state index is 5.14. The van der Waals surface area contributed by atoms with Crippen molar-refractivity contribution in [3.8, 4) is 90.3 Å². The van der Waals surface area contributed by atoms with Crippen molar-refractivity contribution in [3.05, 3.63) is 264 Å². The molecule has 3 heterocycles. The first-order chi connectivity index (χ1) is 33.7. The number of benzene rings is 8. The minimum atomic E-state index is 0.0813. The van der Waals surface area contributed by atoms with Crippen molar-refractivity contribution in [2.24, 2.45) is 0 Å². The maximum Gasteiger partial charge on any atom is 0.164 e. The van der Waals surface area contributed by atoms with Crippen molar-refractivity contribution in [1.82, 2.24) is 29.9 Å². The number of aromatic nitrogens is 6. The van der Waals surface area contributed by atoms with E-state index in [2.05, 4.69) is 157 Å². The molecular formula is C62H40N6. The molecule has 8 aromatic carbocycles. The van der Waals surface area contributed by atoms with E-state index in [4.69, 9.17) is 24.9 Å². The standard InChI is InChI=1S/C62H40N6/c1-4-13-42(14-5-1)59-64-55(38-56(65-59)47-20-12-19-45(35-47)40-31-33-63-34-32-40)41-25-23-39(24-26-41)46-27-29-51-53(36-46)57-49-21-10-11-22-50(49)58(51)54-37-48(28-30-52(54)57)62-67-60(43-15-6-2-7-16-43)66-61(68-62)44-17-8-3-9-18-44/h1-38,57-58H. The molecule has 0 spiro atoms. The SMILES string of the molecule is c1ccc(-c2nc(-c3ccc(-c4ccc5c(c4)C4c6ccccc6C5c5cc(-c6nc(-c7ccccc7)nc(-c7ccccc7)n6)ccc54)cc3)cc(-c3cccc(-c4ccncc4)c3)n2)cc1. The number of rotatable bonds is 8. The van der Waals surface area contributed by atoms with Gasteiger partial charge < -0.3 is 0 Å². The lowest BCUT2D eigenvalue weighted by Crippen LogP contribution is -2.27. The van der Waals surface area contributed by atoms with Crippen LogP contribution in [-0.2, 0) is 0 Å². The largest absolute Gasteiger partial charge is 0.265 e. The van der Waals surface area contributed by atoms with Crippen LogP contribution in [0.25, 0.3) is 90.3 Å². The van der Waals surface area contributed by atoms with Crippen molar-refractivity contribution in [2.75, 3.05) is 0 Å². The van der Waals surface area contributed by atoms with Crippen LogP contribution < -0.4 is 0 Å². The summed E-state index contributed by atoms with van der Waals surface area (Å²) in [5.41, 5.74) is 20.3. The Morgan fingerprint density at radius 2 is 0.603 bits per heavy atom. The predicted molar refractivity (Wildman–Crippen MR) is 271 cm³/mol. The highest BCUT2D eigenvalue weighted by Crippen LogP contribution is 2.56. The van der Waals surface area contributed by atoms with Gasteiger partial charge in [0.1, 0.15) is 0 Å². The number of hydrogen-bond donors (Lipinski definition) is 0. The summed E-state index contributed by atoms with van der Waals surface area (Å²) in [6.07, 6.45) is 3.65. The van der Waals surface area contributed by atoms with Crippen molar-refractivity contribution < 1.29 is 0 Å². The van der Waals surface area contributed by atoms with Crippen LogP contribution in [0, 0.1) is 0 Å². The molecule has 2 unspecified atom stereocenters. The summed E-state index contributed by atoms with van der Waals surface area (Å²) in [5.74, 6) is 2.85. The minimum Gasteiger partial charge on any atom is -0.265 e. The molecule has 6 heteroatoms. The molecule has 318 valence electrons. The van der Waals surface area contributed by atoms with E-state index >= 15 is 0 Å². The van der Waals surface area contributed by atoms with Crippen molar-refractivity contribution >= 4 is 0 Å². The molecule has 6 nitrogen and oxygen atoms in total. The van der Waals surface area contributed by atoms with E-state index in [1.807, 2.05) is 79.1 Å². The van der Waals surface area contributed by atoms with Gasteiger partial charge in [-0.15, -0.1) is 0 Å². The summed E-state index contributed by atoms with van der Waals surface area (Å²) in [5, 5.41) is 0. The third-order valence-electron chi connectivity index (χ3n) is 13.4. The van der Waals surface area contributed by atoms with Crippen LogP contribution in [0.2, 0.25) is 0 Å². The van der Waals surface area contributed by atoms with Gasteiger partial charge in [0.05, 0.1) is 11.4 Å². The molecule has 0 N–H and O–H groups in total. The van der Waals surface area contributed by atoms with Crippen LogP contribution in [0.1, 0.15) is 45.2 Å². The second-order valence-electron chi connectivity index (χ2n) is 17.4. The Kier molecular flexibility index (Phi) is 9.53.